The van der Waals surface area contributed by atoms with Crippen molar-refractivity contribution >= 4 is 10.0 Å². The smallest absolute Gasteiger partial charge is 0.240 e. The van der Waals surface area contributed by atoms with E-state index in [4.69, 9.17) is 4.74 Å². The van der Waals surface area contributed by atoms with Gasteiger partial charge in [-0.25, -0.2) is 13.1 Å². The van der Waals surface area contributed by atoms with Gasteiger partial charge in [0.05, 0.1) is 18.1 Å². The molecule has 1 aromatic carbocycles. The van der Waals surface area contributed by atoms with Crippen molar-refractivity contribution in [2.24, 2.45) is 0 Å². The van der Waals surface area contributed by atoms with Gasteiger partial charge in [0.25, 0.3) is 0 Å². The zero-order chi connectivity index (χ0) is 15.0. The van der Waals surface area contributed by atoms with E-state index in [1.807, 2.05) is 11.9 Å². The molecule has 1 aromatic rings. The molecule has 0 atom stereocenters. The molecule has 0 spiro atoms. The molecule has 0 aliphatic heterocycles. The van der Waals surface area contributed by atoms with Gasteiger partial charge >= 0.3 is 0 Å². The van der Waals surface area contributed by atoms with E-state index in [1.165, 1.54) is 6.07 Å². The summed E-state index contributed by atoms with van der Waals surface area (Å²) in [6, 6.07) is 6.42. The normalized spacial score (nSPS) is 12.0. The fourth-order valence-corrected chi connectivity index (χ4v) is 2.96. The molecule has 6 nitrogen and oxygen atoms in total. The van der Waals surface area contributed by atoms with Gasteiger partial charge in [-0.05, 0) is 18.7 Å². The molecule has 0 unspecified atom stereocenters. The summed E-state index contributed by atoms with van der Waals surface area (Å²) in [5, 5.41) is 9.18. The summed E-state index contributed by atoms with van der Waals surface area (Å²) in [6.07, 6.45) is 0. The molecule has 0 amide bonds. The molecular weight excluding hydrogens is 280 g/mol. The summed E-state index contributed by atoms with van der Waals surface area (Å²) >= 11 is 0. The van der Waals surface area contributed by atoms with Crippen LogP contribution in [0.1, 0.15) is 5.56 Å². The van der Waals surface area contributed by atoms with E-state index >= 15 is 0 Å². The first-order chi connectivity index (χ1) is 9.51. The molecule has 0 radical (unpaired) electrons. The SMILES string of the molecule is COCCN(C)CCNS(=O)(=O)c1ccccc1CO. The number of nitrogens with zero attached hydrogens (tertiary/aromatic N) is 1. The fourth-order valence-electron chi connectivity index (χ4n) is 1.70. The Morgan fingerprint density at radius 3 is 2.65 bits per heavy atom. The van der Waals surface area contributed by atoms with Gasteiger partial charge < -0.3 is 14.7 Å². The van der Waals surface area contributed by atoms with Gasteiger partial charge in [-0.15, -0.1) is 0 Å². The zero-order valence-corrected chi connectivity index (χ0v) is 12.7. The first-order valence-electron chi connectivity index (χ1n) is 6.37. The van der Waals surface area contributed by atoms with Crippen LogP contribution >= 0.6 is 0 Å². The molecule has 20 heavy (non-hydrogen) atoms. The Kier molecular flexibility index (Phi) is 7.11. The topological polar surface area (TPSA) is 78.9 Å². The molecule has 7 heteroatoms. The molecule has 0 aliphatic carbocycles. The number of aliphatic hydroxyl groups excluding tert-OH is 1. The van der Waals surface area contributed by atoms with Crippen molar-refractivity contribution in [2.75, 3.05) is 40.4 Å². The van der Waals surface area contributed by atoms with Gasteiger partial charge in [0, 0.05) is 26.7 Å². The summed E-state index contributed by atoms with van der Waals surface area (Å²) in [5.41, 5.74) is 0.396. The molecule has 114 valence electrons. The molecule has 0 fully saturated rings. The first-order valence-corrected chi connectivity index (χ1v) is 7.85. The minimum Gasteiger partial charge on any atom is -0.392 e. The predicted octanol–water partition coefficient (Wildman–Crippen LogP) is 0.0354. The maximum atomic E-state index is 12.1. The fraction of sp³-hybridized carbons (Fsp3) is 0.538. The Bertz CT molecular complexity index is 505. The lowest BCUT2D eigenvalue weighted by atomic mass is 10.2. The molecule has 1 rings (SSSR count). The number of rotatable bonds is 9. The standard InChI is InChI=1S/C13H22N2O4S/c1-15(9-10-19-2)8-7-14-20(17,18)13-6-4-3-5-12(13)11-16/h3-6,14,16H,7-11H2,1-2H3. The number of likely N-dealkylation sites (N-methyl/N-ethyl adjacent to an activating group) is 1. The van der Waals surface area contributed by atoms with Crippen LogP contribution in [0.15, 0.2) is 29.2 Å². The number of ether oxygens (including phenoxy) is 1. The first kappa shape index (κ1) is 17.1. The molecule has 0 saturated heterocycles. The molecular formula is C13H22N2O4S. The van der Waals surface area contributed by atoms with Crippen LogP contribution in [0.5, 0.6) is 0 Å². The van der Waals surface area contributed by atoms with Crippen LogP contribution in [0.25, 0.3) is 0 Å². The van der Waals surface area contributed by atoms with E-state index in [0.717, 1.165) is 6.54 Å². The van der Waals surface area contributed by atoms with Crippen molar-refractivity contribution in [2.45, 2.75) is 11.5 Å². The number of benzene rings is 1. The second-order valence-corrected chi connectivity index (χ2v) is 6.20. The third kappa shape index (κ3) is 5.18. The minimum absolute atomic E-state index is 0.127. The number of sulfonamides is 1. The van der Waals surface area contributed by atoms with Crippen LogP contribution < -0.4 is 4.72 Å². The highest BCUT2D eigenvalue weighted by Crippen LogP contribution is 2.14. The Balaban J connectivity index is 2.58. The molecule has 0 heterocycles. The Hall–Kier alpha value is -0.990. The summed E-state index contributed by atoms with van der Waals surface area (Å²) < 4.78 is 31.8. The summed E-state index contributed by atoms with van der Waals surface area (Å²) in [5.74, 6) is 0. The number of nitrogens with one attached hydrogen (secondary N) is 1. The third-order valence-electron chi connectivity index (χ3n) is 2.90. The maximum absolute atomic E-state index is 12.1. The minimum atomic E-state index is -3.59. The lowest BCUT2D eigenvalue weighted by Crippen LogP contribution is -2.34. The largest absolute Gasteiger partial charge is 0.392 e. The molecule has 0 aliphatic rings. The van der Waals surface area contributed by atoms with Gasteiger partial charge in [0.15, 0.2) is 0 Å². The van der Waals surface area contributed by atoms with Crippen molar-refractivity contribution in [3.05, 3.63) is 29.8 Å². The van der Waals surface area contributed by atoms with Crippen molar-refractivity contribution in [3.8, 4) is 0 Å². The average Bonchev–Trinajstić information content (AvgIpc) is 2.44. The number of hydrogen-bond acceptors (Lipinski definition) is 5. The van der Waals surface area contributed by atoms with Gasteiger partial charge in [-0.1, -0.05) is 18.2 Å². The van der Waals surface area contributed by atoms with Crippen LogP contribution in [0.4, 0.5) is 0 Å². The van der Waals surface area contributed by atoms with Gasteiger partial charge in [0.1, 0.15) is 0 Å². The molecule has 0 aromatic heterocycles. The van der Waals surface area contributed by atoms with E-state index < -0.39 is 10.0 Å². The Labute approximate surface area is 120 Å². The second-order valence-electron chi connectivity index (χ2n) is 4.46. The maximum Gasteiger partial charge on any atom is 0.240 e. The van der Waals surface area contributed by atoms with Crippen LogP contribution in [-0.4, -0.2) is 58.8 Å². The van der Waals surface area contributed by atoms with Crippen molar-refractivity contribution in [1.82, 2.24) is 9.62 Å². The quantitative estimate of drug-likeness (QED) is 0.673. The number of methoxy groups -OCH3 is 1. The lowest BCUT2D eigenvalue weighted by Gasteiger charge is -2.16. The lowest BCUT2D eigenvalue weighted by molar-refractivity contribution is 0.162. The predicted molar refractivity (Wildman–Crippen MR) is 76.9 cm³/mol. The summed E-state index contributed by atoms with van der Waals surface area (Å²) in [7, 11) is -0.0620. The van der Waals surface area contributed by atoms with Crippen LogP contribution in [-0.2, 0) is 21.4 Å². The molecule has 2 N–H and O–H groups in total. The van der Waals surface area contributed by atoms with E-state index in [0.29, 0.717) is 25.3 Å². The van der Waals surface area contributed by atoms with Crippen molar-refractivity contribution < 1.29 is 18.3 Å². The monoisotopic (exact) mass is 302 g/mol. The zero-order valence-electron chi connectivity index (χ0n) is 11.9. The van der Waals surface area contributed by atoms with E-state index in [1.54, 1.807) is 25.3 Å². The molecule has 0 saturated carbocycles. The van der Waals surface area contributed by atoms with Crippen LogP contribution in [0.2, 0.25) is 0 Å². The van der Waals surface area contributed by atoms with Gasteiger partial charge in [0.2, 0.25) is 10.0 Å². The second kappa shape index (κ2) is 8.33. The Morgan fingerprint density at radius 2 is 2.00 bits per heavy atom. The molecule has 0 bridgehead atoms. The Morgan fingerprint density at radius 1 is 1.30 bits per heavy atom. The van der Waals surface area contributed by atoms with Gasteiger partial charge in [-0.2, -0.15) is 0 Å². The summed E-state index contributed by atoms with van der Waals surface area (Å²) in [4.78, 5) is 2.10. The van der Waals surface area contributed by atoms with Gasteiger partial charge in [-0.3, -0.25) is 0 Å². The number of hydrogen-bond donors (Lipinski definition) is 2. The number of aliphatic hydroxyl groups is 1. The van der Waals surface area contributed by atoms with E-state index in [2.05, 4.69) is 4.72 Å². The van der Waals surface area contributed by atoms with Crippen molar-refractivity contribution in [3.63, 3.8) is 0 Å². The van der Waals surface area contributed by atoms with Crippen molar-refractivity contribution in [1.29, 1.82) is 0 Å². The highest BCUT2D eigenvalue weighted by molar-refractivity contribution is 7.89. The highest BCUT2D eigenvalue weighted by Gasteiger charge is 2.17. The van der Waals surface area contributed by atoms with E-state index in [-0.39, 0.29) is 11.5 Å². The van der Waals surface area contributed by atoms with E-state index in [9.17, 15) is 13.5 Å². The van der Waals surface area contributed by atoms with Crippen LogP contribution in [0, 0.1) is 0 Å². The summed E-state index contributed by atoms with van der Waals surface area (Å²) in [6.45, 7) is 1.94. The van der Waals surface area contributed by atoms with Crippen LogP contribution in [0.3, 0.4) is 0 Å². The third-order valence-corrected chi connectivity index (χ3v) is 4.46. The highest BCUT2D eigenvalue weighted by atomic mass is 32.2. The average molecular weight is 302 g/mol.